The Hall–Kier alpha value is -4.98. The Morgan fingerprint density at radius 2 is 0.889 bits per heavy atom. The lowest BCUT2D eigenvalue weighted by Gasteiger charge is -2.11. The van der Waals surface area contributed by atoms with Gasteiger partial charge in [-0.15, -0.1) is 0 Å². The van der Waals surface area contributed by atoms with Crippen molar-refractivity contribution < 1.29 is 28.5 Å². The van der Waals surface area contributed by atoms with Crippen molar-refractivity contribution >= 4 is 23.6 Å². The number of hydrogen-bond acceptors (Lipinski definition) is 6. The quantitative estimate of drug-likeness (QED) is 0.268. The van der Waals surface area contributed by atoms with E-state index in [0.717, 1.165) is 0 Å². The van der Waals surface area contributed by atoms with Crippen molar-refractivity contribution in [2.75, 3.05) is 23.8 Å². The smallest absolute Gasteiger partial charge is 0.417 e. The molecule has 0 spiro atoms. The second-order valence-electron chi connectivity index (χ2n) is 7.41. The number of anilines is 2. The van der Waals surface area contributed by atoms with E-state index < -0.39 is 12.2 Å². The molecule has 0 atom stereocenters. The van der Waals surface area contributed by atoms with E-state index in [4.69, 9.17) is 18.9 Å². The minimum absolute atomic E-state index is 0.249. The molecule has 8 nitrogen and oxygen atoms in total. The van der Waals surface area contributed by atoms with Crippen LogP contribution in [0.3, 0.4) is 0 Å². The van der Waals surface area contributed by atoms with Gasteiger partial charge < -0.3 is 18.9 Å². The van der Waals surface area contributed by atoms with Gasteiger partial charge in [0.15, 0.2) is 0 Å². The highest BCUT2D eigenvalue weighted by atomic mass is 16.6. The maximum Gasteiger partial charge on any atom is 0.417 e. The minimum atomic E-state index is -0.596. The fraction of sp³-hybridized carbons (Fsp3) is 0.0714. The van der Waals surface area contributed by atoms with E-state index in [-0.39, 0.29) is 13.2 Å². The molecule has 0 aliphatic heterocycles. The topological polar surface area (TPSA) is 95.1 Å². The Kier molecular flexibility index (Phi) is 8.37. The van der Waals surface area contributed by atoms with Gasteiger partial charge in [-0.1, -0.05) is 48.5 Å². The second kappa shape index (κ2) is 12.5. The molecule has 8 heteroatoms. The lowest BCUT2D eigenvalue weighted by atomic mass is 10.3. The monoisotopic (exact) mass is 484 g/mol. The number of amides is 2. The van der Waals surface area contributed by atoms with Gasteiger partial charge in [-0.3, -0.25) is 10.6 Å². The van der Waals surface area contributed by atoms with Crippen LogP contribution in [0, 0.1) is 0 Å². The molecule has 0 aliphatic rings. The van der Waals surface area contributed by atoms with Gasteiger partial charge >= 0.3 is 12.2 Å². The molecule has 0 unspecified atom stereocenters. The molecule has 2 N–H and O–H groups in total. The van der Waals surface area contributed by atoms with Gasteiger partial charge in [0, 0.05) is 23.5 Å². The molecule has 0 fully saturated rings. The fourth-order valence-corrected chi connectivity index (χ4v) is 3.12. The third kappa shape index (κ3) is 7.81. The van der Waals surface area contributed by atoms with Crippen molar-refractivity contribution in [3.05, 3.63) is 109 Å². The Bertz CT molecular complexity index is 1180. The zero-order valence-corrected chi connectivity index (χ0v) is 19.3. The molecule has 4 aromatic rings. The molecular weight excluding hydrogens is 460 g/mol. The van der Waals surface area contributed by atoms with Crippen molar-refractivity contribution in [3.8, 4) is 23.0 Å². The third-order valence-corrected chi connectivity index (χ3v) is 4.69. The number of benzene rings is 4. The first-order valence-electron chi connectivity index (χ1n) is 11.2. The van der Waals surface area contributed by atoms with E-state index in [1.165, 1.54) is 0 Å². The van der Waals surface area contributed by atoms with Gasteiger partial charge in [-0.05, 0) is 48.5 Å². The molecule has 4 rings (SSSR count). The molecule has 0 saturated carbocycles. The zero-order chi connectivity index (χ0) is 25.0. The molecule has 0 saturated heterocycles. The first-order valence-corrected chi connectivity index (χ1v) is 11.2. The standard InChI is InChI=1S/C28H24N2O6/c31-27(29-21-9-3-1-4-10-21)35-25-15-7-13-23(19-25)33-17-18-34-24-14-8-16-26(20-24)36-28(32)30-22-11-5-2-6-12-22/h1-16,19-20H,17-18H2,(H,29,31)(H,30,32). The first-order chi connectivity index (χ1) is 17.6. The lowest BCUT2D eigenvalue weighted by molar-refractivity contribution is 0.209. The number of carbonyl (C=O) groups is 2. The summed E-state index contributed by atoms with van der Waals surface area (Å²) in [6.45, 7) is 0.498. The van der Waals surface area contributed by atoms with Crippen LogP contribution < -0.4 is 29.6 Å². The summed E-state index contributed by atoms with van der Waals surface area (Å²) in [6, 6.07) is 31.6. The number of ether oxygens (including phenoxy) is 4. The van der Waals surface area contributed by atoms with Crippen molar-refractivity contribution in [1.82, 2.24) is 0 Å². The largest absolute Gasteiger partial charge is 0.490 e. The highest BCUT2D eigenvalue weighted by molar-refractivity contribution is 5.86. The predicted octanol–water partition coefficient (Wildman–Crippen LogP) is 6.37. The summed E-state index contributed by atoms with van der Waals surface area (Å²) in [7, 11) is 0. The molecule has 0 aromatic heterocycles. The third-order valence-electron chi connectivity index (χ3n) is 4.69. The molecule has 4 aromatic carbocycles. The SMILES string of the molecule is O=C(Nc1ccccc1)Oc1cccc(OCCOc2cccc(OC(=O)Nc3ccccc3)c2)c1. The lowest BCUT2D eigenvalue weighted by Crippen LogP contribution is -2.16. The number of hydrogen-bond donors (Lipinski definition) is 2. The van der Waals surface area contributed by atoms with Gasteiger partial charge in [0.25, 0.3) is 0 Å². The molecule has 0 bridgehead atoms. The van der Waals surface area contributed by atoms with Crippen molar-refractivity contribution in [3.63, 3.8) is 0 Å². The van der Waals surface area contributed by atoms with Gasteiger partial charge in [-0.2, -0.15) is 0 Å². The van der Waals surface area contributed by atoms with E-state index >= 15 is 0 Å². The van der Waals surface area contributed by atoms with Crippen LogP contribution >= 0.6 is 0 Å². The fourth-order valence-electron chi connectivity index (χ4n) is 3.12. The van der Waals surface area contributed by atoms with Gasteiger partial charge in [0.1, 0.15) is 36.2 Å². The van der Waals surface area contributed by atoms with E-state index in [1.807, 2.05) is 36.4 Å². The van der Waals surface area contributed by atoms with Crippen molar-refractivity contribution in [2.24, 2.45) is 0 Å². The zero-order valence-electron chi connectivity index (χ0n) is 19.3. The van der Waals surface area contributed by atoms with E-state index in [2.05, 4.69) is 10.6 Å². The number of rotatable bonds is 9. The average Bonchev–Trinajstić information content (AvgIpc) is 2.88. The number of carbonyl (C=O) groups excluding carboxylic acids is 2. The summed E-state index contributed by atoms with van der Waals surface area (Å²) in [4.78, 5) is 24.1. The maximum atomic E-state index is 12.1. The average molecular weight is 485 g/mol. The van der Waals surface area contributed by atoms with Crippen molar-refractivity contribution in [1.29, 1.82) is 0 Å². The second-order valence-corrected chi connectivity index (χ2v) is 7.41. The molecular formula is C28H24N2O6. The van der Waals surface area contributed by atoms with Crippen LogP contribution in [0.25, 0.3) is 0 Å². The van der Waals surface area contributed by atoms with Gasteiger partial charge in [-0.25, -0.2) is 9.59 Å². The van der Waals surface area contributed by atoms with E-state index in [0.29, 0.717) is 34.4 Å². The number of para-hydroxylation sites is 2. The van der Waals surface area contributed by atoms with Crippen LogP contribution in [0.4, 0.5) is 21.0 Å². The van der Waals surface area contributed by atoms with Crippen molar-refractivity contribution in [2.45, 2.75) is 0 Å². The summed E-state index contributed by atoms with van der Waals surface area (Å²) in [5, 5.41) is 5.30. The Morgan fingerprint density at radius 1 is 0.500 bits per heavy atom. The molecule has 2 amide bonds. The van der Waals surface area contributed by atoms with Crippen LogP contribution in [0.5, 0.6) is 23.0 Å². The van der Waals surface area contributed by atoms with E-state index in [1.54, 1.807) is 72.8 Å². The van der Waals surface area contributed by atoms with Crippen LogP contribution in [0.15, 0.2) is 109 Å². The number of nitrogens with one attached hydrogen (secondary N) is 2. The summed E-state index contributed by atoms with van der Waals surface area (Å²) in [6.07, 6.45) is -1.19. The first kappa shape index (κ1) is 24.2. The van der Waals surface area contributed by atoms with Crippen LogP contribution in [-0.2, 0) is 0 Å². The Balaban J connectivity index is 1.21. The van der Waals surface area contributed by atoms with Crippen LogP contribution in [0.1, 0.15) is 0 Å². The van der Waals surface area contributed by atoms with E-state index in [9.17, 15) is 9.59 Å². The van der Waals surface area contributed by atoms with Gasteiger partial charge in [0.05, 0.1) is 0 Å². The van der Waals surface area contributed by atoms with Crippen LogP contribution in [0.2, 0.25) is 0 Å². The van der Waals surface area contributed by atoms with Crippen LogP contribution in [-0.4, -0.2) is 25.4 Å². The molecule has 182 valence electrons. The summed E-state index contributed by atoms with van der Waals surface area (Å²) in [5.41, 5.74) is 1.27. The Morgan fingerprint density at radius 3 is 1.31 bits per heavy atom. The minimum Gasteiger partial charge on any atom is -0.490 e. The Labute approximate surface area is 208 Å². The predicted molar refractivity (Wildman–Crippen MR) is 136 cm³/mol. The molecule has 0 aliphatic carbocycles. The molecule has 0 heterocycles. The maximum absolute atomic E-state index is 12.1. The van der Waals surface area contributed by atoms with Gasteiger partial charge in [0.2, 0.25) is 0 Å². The molecule has 0 radical (unpaired) electrons. The normalized spacial score (nSPS) is 10.1. The summed E-state index contributed by atoms with van der Waals surface area (Å²) in [5.74, 6) is 1.75. The summed E-state index contributed by atoms with van der Waals surface area (Å²) >= 11 is 0. The highest BCUT2D eigenvalue weighted by Crippen LogP contribution is 2.22. The summed E-state index contributed by atoms with van der Waals surface area (Å²) < 4.78 is 22.0. The highest BCUT2D eigenvalue weighted by Gasteiger charge is 2.08. The molecule has 36 heavy (non-hydrogen) atoms.